The molecule has 1 heterocycles. The van der Waals surface area contributed by atoms with Crippen molar-refractivity contribution in [2.75, 3.05) is 40.5 Å². The van der Waals surface area contributed by atoms with Gasteiger partial charge in [0, 0.05) is 13.1 Å². The second-order valence-corrected chi connectivity index (χ2v) is 6.81. The van der Waals surface area contributed by atoms with Crippen LogP contribution in [0.1, 0.15) is 5.69 Å². The number of benzene rings is 2. The molecule has 0 spiro atoms. The van der Waals surface area contributed by atoms with Gasteiger partial charge in [0.2, 0.25) is 5.75 Å². The Morgan fingerprint density at radius 2 is 1.74 bits per heavy atom. The van der Waals surface area contributed by atoms with E-state index in [1.54, 1.807) is 51.5 Å². The van der Waals surface area contributed by atoms with Gasteiger partial charge in [-0.05, 0) is 31.2 Å². The summed E-state index contributed by atoms with van der Waals surface area (Å²) in [5.74, 6) is 2.22. The zero-order chi connectivity index (χ0) is 22.2. The second-order valence-electron chi connectivity index (χ2n) is 6.81. The molecule has 0 aliphatic rings. The molecule has 0 fully saturated rings. The SMILES string of the molecule is COc1cccc(OC)c1OCCNCC(O)COc1cccc2[nH]c(=O)c(C)nc12. The third-order valence-corrected chi connectivity index (χ3v) is 4.57. The van der Waals surface area contributed by atoms with Gasteiger partial charge in [-0.3, -0.25) is 4.79 Å². The monoisotopic (exact) mass is 429 g/mol. The molecule has 0 amide bonds. The fourth-order valence-electron chi connectivity index (χ4n) is 2.98. The Hall–Kier alpha value is -3.30. The molecule has 1 aromatic heterocycles. The van der Waals surface area contributed by atoms with Crippen LogP contribution < -0.4 is 29.8 Å². The Labute approximate surface area is 179 Å². The highest BCUT2D eigenvalue weighted by Crippen LogP contribution is 2.36. The van der Waals surface area contributed by atoms with E-state index in [9.17, 15) is 9.90 Å². The summed E-state index contributed by atoms with van der Waals surface area (Å²) in [5, 5.41) is 13.3. The van der Waals surface area contributed by atoms with Crippen LogP contribution in [0.2, 0.25) is 0 Å². The van der Waals surface area contributed by atoms with Crippen molar-refractivity contribution in [3.63, 3.8) is 0 Å². The number of nitrogens with zero attached hydrogens (tertiary/aromatic N) is 1. The minimum Gasteiger partial charge on any atom is -0.493 e. The maximum atomic E-state index is 11.7. The molecular weight excluding hydrogens is 402 g/mol. The highest BCUT2D eigenvalue weighted by molar-refractivity contribution is 5.80. The van der Waals surface area contributed by atoms with Gasteiger partial charge in [0.1, 0.15) is 36.3 Å². The van der Waals surface area contributed by atoms with Crippen molar-refractivity contribution in [2.24, 2.45) is 0 Å². The predicted octanol–water partition coefficient (Wildman–Crippen LogP) is 1.66. The molecule has 3 rings (SSSR count). The largest absolute Gasteiger partial charge is 0.493 e. The first-order valence-corrected chi connectivity index (χ1v) is 9.88. The van der Waals surface area contributed by atoms with Gasteiger partial charge in [-0.2, -0.15) is 0 Å². The number of hydrogen-bond donors (Lipinski definition) is 3. The summed E-state index contributed by atoms with van der Waals surface area (Å²) >= 11 is 0. The summed E-state index contributed by atoms with van der Waals surface area (Å²) in [4.78, 5) is 18.8. The number of nitrogens with one attached hydrogen (secondary N) is 2. The van der Waals surface area contributed by atoms with Crippen LogP contribution in [-0.2, 0) is 0 Å². The Kier molecular flexibility index (Phi) is 7.69. The average Bonchev–Trinajstić information content (AvgIpc) is 2.78. The van der Waals surface area contributed by atoms with Crippen molar-refractivity contribution < 1.29 is 24.1 Å². The highest BCUT2D eigenvalue weighted by atomic mass is 16.5. The summed E-state index contributed by atoms with van der Waals surface area (Å²) in [6.45, 7) is 2.91. The number of H-pyrrole nitrogens is 1. The van der Waals surface area contributed by atoms with Gasteiger partial charge in [0.25, 0.3) is 5.56 Å². The third-order valence-electron chi connectivity index (χ3n) is 4.57. The van der Waals surface area contributed by atoms with E-state index in [1.807, 2.05) is 6.07 Å². The number of aromatic nitrogens is 2. The van der Waals surface area contributed by atoms with E-state index in [1.165, 1.54) is 0 Å². The van der Waals surface area contributed by atoms with E-state index in [0.29, 0.717) is 59.4 Å². The number of aromatic amines is 1. The summed E-state index contributed by atoms with van der Waals surface area (Å²) in [5.41, 5.74) is 1.27. The topological polar surface area (TPSA) is 115 Å². The Bertz CT molecular complexity index is 1050. The first-order chi connectivity index (χ1) is 15.0. The molecule has 0 saturated heterocycles. The number of rotatable bonds is 11. The zero-order valence-electron chi connectivity index (χ0n) is 17.8. The van der Waals surface area contributed by atoms with Crippen molar-refractivity contribution >= 4 is 11.0 Å². The lowest BCUT2D eigenvalue weighted by Crippen LogP contribution is -2.33. The Balaban J connectivity index is 1.46. The normalized spacial score (nSPS) is 11.9. The van der Waals surface area contributed by atoms with E-state index in [2.05, 4.69) is 15.3 Å². The van der Waals surface area contributed by atoms with Gasteiger partial charge >= 0.3 is 0 Å². The molecule has 3 aromatic rings. The molecule has 0 saturated carbocycles. The number of para-hydroxylation sites is 2. The van der Waals surface area contributed by atoms with Crippen LogP contribution in [0.15, 0.2) is 41.2 Å². The maximum absolute atomic E-state index is 11.7. The molecule has 9 nitrogen and oxygen atoms in total. The lowest BCUT2D eigenvalue weighted by molar-refractivity contribution is 0.106. The Morgan fingerprint density at radius 1 is 1.06 bits per heavy atom. The molecule has 1 atom stereocenters. The summed E-state index contributed by atoms with van der Waals surface area (Å²) in [7, 11) is 3.14. The quantitative estimate of drug-likeness (QED) is 0.394. The number of ether oxygens (including phenoxy) is 4. The van der Waals surface area contributed by atoms with Gasteiger partial charge in [-0.15, -0.1) is 0 Å². The van der Waals surface area contributed by atoms with E-state index in [-0.39, 0.29) is 12.2 Å². The summed E-state index contributed by atoms with van der Waals surface area (Å²) in [6, 6.07) is 10.7. The number of aliphatic hydroxyl groups excluding tert-OH is 1. The number of aliphatic hydroxyl groups is 1. The zero-order valence-corrected chi connectivity index (χ0v) is 17.8. The van der Waals surface area contributed by atoms with Crippen molar-refractivity contribution in [3.8, 4) is 23.0 Å². The van der Waals surface area contributed by atoms with Gasteiger partial charge in [0.15, 0.2) is 11.5 Å². The van der Waals surface area contributed by atoms with Crippen LogP contribution in [0.5, 0.6) is 23.0 Å². The molecule has 2 aromatic carbocycles. The van der Waals surface area contributed by atoms with Gasteiger partial charge < -0.3 is 34.4 Å². The van der Waals surface area contributed by atoms with Gasteiger partial charge in [0.05, 0.1) is 19.7 Å². The molecule has 166 valence electrons. The van der Waals surface area contributed by atoms with E-state index in [4.69, 9.17) is 18.9 Å². The fraction of sp³-hybridized carbons (Fsp3) is 0.364. The molecule has 0 aliphatic heterocycles. The molecular formula is C22H27N3O6. The average molecular weight is 429 g/mol. The molecule has 9 heteroatoms. The van der Waals surface area contributed by atoms with E-state index >= 15 is 0 Å². The van der Waals surface area contributed by atoms with E-state index < -0.39 is 6.10 Å². The van der Waals surface area contributed by atoms with Crippen molar-refractivity contribution in [1.82, 2.24) is 15.3 Å². The van der Waals surface area contributed by atoms with Crippen LogP contribution >= 0.6 is 0 Å². The predicted molar refractivity (Wildman–Crippen MR) is 117 cm³/mol. The molecule has 1 unspecified atom stereocenters. The van der Waals surface area contributed by atoms with Gasteiger partial charge in [-0.25, -0.2) is 4.98 Å². The Morgan fingerprint density at radius 3 is 2.45 bits per heavy atom. The number of methoxy groups -OCH3 is 2. The first-order valence-electron chi connectivity index (χ1n) is 9.88. The van der Waals surface area contributed by atoms with Crippen LogP contribution in [0.25, 0.3) is 11.0 Å². The van der Waals surface area contributed by atoms with Crippen LogP contribution in [0.3, 0.4) is 0 Å². The van der Waals surface area contributed by atoms with E-state index in [0.717, 1.165) is 0 Å². The minimum atomic E-state index is -0.736. The molecule has 0 bridgehead atoms. The first kappa shape index (κ1) is 22.4. The number of fused-ring (bicyclic) bond motifs is 1. The maximum Gasteiger partial charge on any atom is 0.269 e. The van der Waals surface area contributed by atoms with Crippen molar-refractivity contribution in [2.45, 2.75) is 13.0 Å². The van der Waals surface area contributed by atoms with Crippen LogP contribution in [0.4, 0.5) is 0 Å². The summed E-state index contributed by atoms with van der Waals surface area (Å²) in [6.07, 6.45) is -0.736. The van der Waals surface area contributed by atoms with Crippen molar-refractivity contribution in [1.29, 1.82) is 0 Å². The molecule has 0 radical (unpaired) electrons. The number of hydrogen-bond acceptors (Lipinski definition) is 8. The van der Waals surface area contributed by atoms with Gasteiger partial charge in [-0.1, -0.05) is 12.1 Å². The molecule has 31 heavy (non-hydrogen) atoms. The molecule has 0 aliphatic carbocycles. The standard InChI is InChI=1S/C22H27N3O6/c1-14-22(27)25-16-6-4-7-17(20(16)24-14)31-13-15(26)12-23-10-11-30-21-18(28-2)8-5-9-19(21)29-3/h4-9,15,23,26H,10-13H2,1-3H3,(H,25,27). The lowest BCUT2D eigenvalue weighted by Gasteiger charge is -2.16. The lowest BCUT2D eigenvalue weighted by atomic mass is 10.2. The van der Waals surface area contributed by atoms with Crippen LogP contribution in [0, 0.1) is 6.92 Å². The smallest absolute Gasteiger partial charge is 0.269 e. The highest BCUT2D eigenvalue weighted by Gasteiger charge is 2.12. The fourth-order valence-corrected chi connectivity index (χ4v) is 2.98. The summed E-state index contributed by atoms with van der Waals surface area (Å²) < 4.78 is 22.1. The van der Waals surface area contributed by atoms with Crippen LogP contribution in [-0.4, -0.2) is 61.7 Å². The second kappa shape index (κ2) is 10.6. The van der Waals surface area contributed by atoms with Crippen molar-refractivity contribution in [3.05, 3.63) is 52.4 Å². The third kappa shape index (κ3) is 5.65. The minimum absolute atomic E-state index is 0.0765. The number of aryl methyl sites for hydroxylation is 1. The molecule has 3 N–H and O–H groups in total.